The molecule has 0 rings (SSSR count). The first kappa shape index (κ1) is 12.1. The zero-order valence-corrected chi connectivity index (χ0v) is 8.01. The number of rotatable bonds is 2. The van der Waals surface area contributed by atoms with E-state index in [1.165, 1.54) is 6.92 Å². The van der Waals surface area contributed by atoms with Gasteiger partial charge in [-0.3, -0.25) is 4.79 Å². The van der Waals surface area contributed by atoms with Crippen LogP contribution < -0.4 is 34.7 Å². The van der Waals surface area contributed by atoms with Crippen molar-refractivity contribution in [3.8, 4) is 0 Å². The van der Waals surface area contributed by atoms with Crippen LogP contribution in [0.15, 0.2) is 0 Å². The Kier molecular flexibility index (Phi) is 8.83. The van der Waals surface area contributed by atoms with Gasteiger partial charge in [0.05, 0.1) is 6.61 Å². The minimum absolute atomic E-state index is 0. The summed E-state index contributed by atoms with van der Waals surface area (Å²) in [7, 11) is 0. The number of carbonyl (C=O) groups is 1. The van der Waals surface area contributed by atoms with Crippen molar-refractivity contribution in [2.75, 3.05) is 6.61 Å². The predicted molar refractivity (Wildman–Crippen MR) is 26.1 cm³/mol. The van der Waals surface area contributed by atoms with Crippen LogP contribution in [0, 0.1) is 0 Å². The molecule has 9 heavy (non-hydrogen) atoms. The van der Waals surface area contributed by atoms with E-state index in [1.54, 1.807) is 6.92 Å². The Labute approximate surface area is 76.7 Å². The third-order valence-corrected chi connectivity index (χ3v) is 0.619. The largest absolute Gasteiger partial charge is 1.00 e. The van der Waals surface area contributed by atoms with Gasteiger partial charge in [-0.25, -0.2) is 0 Å². The molecule has 0 N–H and O–H groups in total. The maximum Gasteiger partial charge on any atom is 1.00 e. The topological polar surface area (TPSA) is 49.4 Å². The van der Waals surface area contributed by atoms with Gasteiger partial charge >= 0.3 is 29.6 Å². The Morgan fingerprint density at radius 1 is 1.78 bits per heavy atom. The first-order chi connectivity index (χ1) is 3.68. The van der Waals surface area contributed by atoms with Crippen LogP contribution in [0.2, 0.25) is 0 Å². The molecule has 1 unspecified atom stereocenters. The van der Waals surface area contributed by atoms with Gasteiger partial charge in [0.15, 0.2) is 0 Å². The Morgan fingerprint density at radius 2 is 2.22 bits per heavy atom. The molecule has 0 bridgehead atoms. The minimum atomic E-state index is -1.24. The fourth-order valence-electron chi connectivity index (χ4n) is 0.260. The summed E-state index contributed by atoms with van der Waals surface area (Å²) in [6, 6.07) is 0. The van der Waals surface area contributed by atoms with Crippen molar-refractivity contribution < 1.29 is 44.2 Å². The van der Waals surface area contributed by atoms with E-state index in [4.69, 9.17) is 0 Å². The maximum absolute atomic E-state index is 10.2. The summed E-state index contributed by atoms with van der Waals surface area (Å²) in [6.45, 7) is 3.21. The molecule has 0 amide bonds. The quantitative estimate of drug-likeness (QED) is 0.293. The second-order valence-electron chi connectivity index (χ2n) is 1.39. The maximum atomic E-state index is 10.2. The summed E-state index contributed by atoms with van der Waals surface area (Å²) in [5.41, 5.74) is 0. The molecule has 0 heterocycles. The van der Waals surface area contributed by atoms with E-state index in [1.807, 2.05) is 0 Å². The van der Waals surface area contributed by atoms with Crippen LogP contribution in [0.3, 0.4) is 0 Å². The molecule has 4 heteroatoms. The van der Waals surface area contributed by atoms with Crippen LogP contribution in [0.25, 0.3) is 0 Å². The Hall–Kier alpha value is 0.430. The van der Waals surface area contributed by atoms with Crippen molar-refractivity contribution in [3.63, 3.8) is 0 Å². The van der Waals surface area contributed by atoms with Crippen LogP contribution in [0.4, 0.5) is 0 Å². The minimum Gasteiger partial charge on any atom is -0.844 e. The van der Waals surface area contributed by atoms with Crippen molar-refractivity contribution in [1.82, 2.24) is 0 Å². The smallest absolute Gasteiger partial charge is 0.844 e. The molecule has 0 radical (unpaired) electrons. The number of hydrogen-bond donors (Lipinski definition) is 0. The number of esters is 1. The summed E-state index contributed by atoms with van der Waals surface area (Å²) < 4.78 is 4.35. The fourth-order valence-corrected chi connectivity index (χ4v) is 0.260. The summed E-state index contributed by atoms with van der Waals surface area (Å²) in [5, 5.41) is 10.1. The molecule has 0 aliphatic heterocycles. The van der Waals surface area contributed by atoms with Gasteiger partial charge in [0, 0.05) is 0 Å². The monoisotopic (exact) mass is 140 g/mol. The van der Waals surface area contributed by atoms with Crippen molar-refractivity contribution in [1.29, 1.82) is 0 Å². The van der Waals surface area contributed by atoms with Gasteiger partial charge in [-0.15, -0.1) is 0 Å². The molecule has 0 saturated carbocycles. The van der Waals surface area contributed by atoms with E-state index in [0.717, 1.165) is 0 Å². The molecule has 0 aliphatic rings. The number of carbonyl (C=O) groups excluding carboxylic acids is 1. The first-order valence-electron chi connectivity index (χ1n) is 2.51. The third kappa shape index (κ3) is 6.31. The third-order valence-electron chi connectivity index (χ3n) is 0.619. The van der Waals surface area contributed by atoms with Gasteiger partial charge < -0.3 is 9.84 Å². The van der Waals surface area contributed by atoms with Crippen molar-refractivity contribution in [3.05, 3.63) is 0 Å². The summed E-state index contributed by atoms with van der Waals surface area (Å²) in [5.74, 6) is -0.674. The second-order valence-corrected chi connectivity index (χ2v) is 1.39. The van der Waals surface area contributed by atoms with Crippen molar-refractivity contribution in [2.24, 2.45) is 0 Å². The van der Waals surface area contributed by atoms with Gasteiger partial charge in [-0.05, 0) is 13.0 Å². The molecule has 3 nitrogen and oxygen atoms in total. The van der Waals surface area contributed by atoms with Crippen LogP contribution in [0.5, 0.6) is 0 Å². The molecule has 0 aliphatic carbocycles. The molecule has 1 atom stereocenters. The van der Waals surface area contributed by atoms with Gasteiger partial charge in [0.2, 0.25) is 0 Å². The number of hydrogen-bond acceptors (Lipinski definition) is 3. The summed E-state index contributed by atoms with van der Waals surface area (Å²) in [4.78, 5) is 10.2. The van der Waals surface area contributed by atoms with E-state index in [2.05, 4.69) is 4.74 Å². The number of ether oxygens (including phenoxy) is 1. The summed E-state index contributed by atoms with van der Waals surface area (Å²) in [6.07, 6.45) is -1.24. The van der Waals surface area contributed by atoms with Crippen molar-refractivity contribution in [2.45, 2.75) is 20.0 Å². The van der Waals surface area contributed by atoms with E-state index in [9.17, 15) is 9.90 Å². The molecule has 0 spiro atoms. The molecule has 0 aromatic heterocycles. The van der Waals surface area contributed by atoms with Gasteiger partial charge in [-0.2, -0.15) is 0 Å². The SMILES string of the molecule is CCOC(=O)C(C)[O-].[Na+]. The fraction of sp³-hybridized carbons (Fsp3) is 0.800. The Balaban J connectivity index is 0. The molecule has 0 fully saturated rings. The van der Waals surface area contributed by atoms with Crippen LogP contribution in [-0.4, -0.2) is 18.7 Å². The van der Waals surface area contributed by atoms with E-state index in [0.29, 0.717) is 0 Å². The molecular formula is C5H9NaO3. The van der Waals surface area contributed by atoms with E-state index in [-0.39, 0.29) is 36.2 Å². The molecule has 0 aromatic carbocycles. The van der Waals surface area contributed by atoms with Gasteiger partial charge in [0.25, 0.3) is 5.97 Å². The van der Waals surface area contributed by atoms with Gasteiger partial charge in [-0.1, -0.05) is 6.92 Å². The summed E-state index contributed by atoms with van der Waals surface area (Å²) >= 11 is 0. The Morgan fingerprint density at radius 3 is 2.33 bits per heavy atom. The normalized spacial score (nSPS) is 11.4. The standard InChI is InChI=1S/C5H9O3.Na/c1-3-8-5(7)4(2)6;/h4H,3H2,1-2H3;/q-1;+1. The average Bonchev–Trinajstić information content (AvgIpc) is 1.67. The molecule has 48 valence electrons. The van der Waals surface area contributed by atoms with Crippen molar-refractivity contribution >= 4 is 5.97 Å². The molecule has 0 saturated heterocycles. The predicted octanol–water partition coefficient (Wildman–Crippen LogP) is -3.70. The molecular weight excluding hydrogens is 131 g/mol. The average molecular weight is 140 g/mol. The van der Waals surface area contributed by atoms with Crippen LogP contribution in [0.1, 0.15) is 13.8 Å². The second kappa shape index (κ2) is 6.55. The van der Waals surface area contributed by atoms with Crippen LogP contribution in [-0.2, 0) is 9.53 Å². The van der Waals surface area contributed by atoms with Crippen LogP contribution >= 0.6 is 0 Å². The Bertz CT molecular complexity index is 82.3. The molecule has 0 aromatic rings. The van der Waals surface area contributed by atoms with Gasteiger partial charge in [0.1, 0.15) is 0 Å². The van der Waals surface area contributed by atoms with E-state index < -0.39 is 12.1 Å². The first-order valence-corrected chi connectivity index (χ1v) is 2.51. The zero-order valence-electron chi connectivity index (χ0n) is 6.01. The van der Waals surface area contributed by atoms with E-state index >= 15 is 0 Å². The zero-order chi connectivity index (χ0) is 6.57.